The Morgan fingerprint density at radius 1 is 1.17 bits per heavy atom. The zero-order valence-electron chi connectivity index (χ0n) is 16.2. The van der Waals surface area contributed by atoms with Crippen molar-refractivity contribution >= 4 is 35.1 Å². The van der Waals surface area contributed by atoms with E-state index in [9.17, 15) is 4.79 Å². The highest BCUT2D eigenvalue weighted by atomic mass is 32.2. The molecule has 0 unspecified atom stereocenters. The van der Waals surface area contributed by atoms with Crippen molar-refractivity contribution in [1.29, 1.82) is 0 Å². The number of rotatable bonds is 9. The maximum Gasteiger partial charge on any atom is 0.234 e. The normalized spacial score (nSPS) is 13.4. The van der Waals surface area contributed by atoms with Crippen molar-refractivity contribution in [3.63, 3.8) is 0 Å². The molecule has 1 fully saturated rings. The van der Waals surface area contributed by atoms with Crippen molar-refractivity contribution < 1.29 is 4.79 Å². The van der Waals surface area contributed by atoms with Crippen LogP contribution in [0.5, 0.6) is 0 Å². The van der Waals surface area contributed by atoms with Crippen LogP contribution in [0.1, 0.15) is 37.1 Å². The molecule has 4 rings (SSSR count). The Hall–Kier alpha value is -2.32. The molecule has 3 aromatic rings. The van der Waals surface area contributed by atoms with E-state index in [4.69, 9.17) is 0 Å². The second kappa shape index (κ2) is 9.45. The first kappa shape index (κ1) is 20.0. The van der Waals surface area contributed by atoms with Gasteiger partial charge in [0.25, 0.3) is 0 Å². The Kier molecular flexibility index (Phi) is 6.51. The molecule has 1 N–H and O–H groups in total. The zero-order chi connectivity index (χ0) is 20.1. The van der Waals surface area contributed by atoms with Crippen LogP contribution in [0.25, 0.3) is 0 Å². The van der Waals surface area contributed by atoms with Gasteiger partial charge in [0.1, 0.15) is 5.82 Å². The predicted octanol–water partition coefficient (Wildman–Crippen LogP) is 4.59. The number of pyridine rings is 1. The second-order valence-electron chi connectivity index (χ2n) is 6.85. The minimum atomic E-state index is -0.0387. The number of hydrogen-bond acceptors (Lipinski definition) is 6. The lowest BCUT2D eigenvalue weighted by atomic mass is 10.2. The number of carbonyl (C=O) groups is 1. The first-order valence-electron chi connectivity index (χ1n) is 9.71. The van der Waals surface area contributed by atoms with Crippen molar-refractivity contribution in [3.05, 3.63) is 60.0 Å². The molecule has 1 amide bonds. The van der Waals surface area contributed by atoms with Crippen LogP contribution in [0.3, 0.4) is 0 Å². The summed E-state index contributed by atoms with van der Waals surface area (Å²) >= 11 is 3.12. The summed E-state index contributed by atoms with van der Waals surface area (Å²) in [7, 11) is 0. The third kappa shape index (κ3) is 5.39. The molecule has 0 aliphatic heterocycles. The van der Waals surface area contributed by atoms with Crippen LogP contribution in [-0.4, -0.2) is 31.4 Å². The number of nitrogens with one attached hydrogen (secondary N) is 1. The summed E-state index contributed by atoms with van der Waals surface area (Å²) in [4.78, 5) is 16.8. The van der Waals surface area contributed by atoms with Crippen LogP contribution in [0.4, 0.5) is 5.69 Å². The quantitative estimate of drug-likeness (QED) is 0.506. The molecule has 29 heavy (non-hydrogen) atoms. The maximum absolute atomic E-state index is 12.4. The Morgan fingerprint density at radius 2 is 2.07 bits per heavy atom. The topological polar surface area (TPSA) is 72.7 Å². The van der Waals surface area contributed by atoms with Gasteiger partial charge in [-0.1, -0.05) is 30.0 Å². The molecular weight excluding hydrogens is 402 g/mol. The van der Waals surface area contributed by atoms with E-state index in [1.807, 2.05) is 36.4 Å². The molecule has 0 bridgehead atoms. The third-order valence-electron chi connectivity index (χ3n) is 4.57. The van der Waals surface area contributed by atoms with Gasteiger partial charge in [-0.2, -0.15) is 0 Å². The molecule has 1 aromatic carbocycles. The van der Waals surface area contributed by atoms with Gasteiger partial charge < -0.3 is 9.88 Å². The molecule has 1 aliphatic carbocycles. The number of nitrogens with zero attached hydrogens (tertiary/aromatic N) is 4. The van der Waals surface area contributed by atoms with Gasteiger partial charge >= 0.3 is 0 Å². The molecule has 0 spiro atoms. The van der Waals surface area contributed by atoms with Crippen LogP contribution in [0.2, 0.25) is 0 Å². The largest absolute Gasteiger partial charge is 0.325 e. The number of hydrogen-bond donors (Lipinski definition) is 1. The minimum Gasteiger partial charge on any atom is -0.325 e. The average Bonchev–Trinajstić information content (AvgIpc) is 3.51. The van der Waals surface area contributed by atoms with E-state index in [0.717, 1.165) is 39.6 Å². The fourth-order valence-electron chi connectivity index (χ4n) is 3.00. The molecule has 0 radical (unpaired) electrons. The number of anilines is 1. The maximum atomic E-state index is 12.4. The van der Waals surface area contributed by atoms with Crippen molar-refractivity contribution in [2.24, 2.45) is 0 Å². The van der Waals surface area contributed by atoms with E-state index in [-0.39, 0.29) is 5.91 Å². The summed E-state index contributed by atoms with van der Waals surface area (Å²) in [5, 5.41) is 13.4. The molecule has 0 saturated heterocycles. The van der Waals surface area contributed by atoms with Crippen LogP contribution in [0, 0.1) is 0 Å². The van der Waals surface area contributed by atoms with Crippen molar-refractivity contribution in [3.8, 4) is 0 Å². The van der Waals surface area contributed by atoms with Crippen molar-refractivity contribution in [2.45, 2.75) is 48.2 Å². The van der Waals surface area contributed by atoms with Crippen LogP contribution >= 0.6 is 23.5 Å². The lowest BCUT2D eigenvalue weighted by Crippen LogP contribution is -2.14. The van der Waals surface area contributed by atoms with Gasteiger partial charge in [-0.15, -0.1) is 22.0 Å². The molecule has 150 valence electrons. The van der Waals surface area contributed by atoms with E-state index in [1.54, 1.807) is 18.0 Å². The summed E-state index contributed by atoms with van der Waals surface area (Å²) in [5.41, 5.74) is 1.95. The van der Waals surface area contributed by atoms with Crippen molar-refractivity contribution in [1.82, 2.24) is 19.7 Å². The monoisotopic (exact) mass is 425 g/mol. The lowest BCUT2D eigenvalue weighted by molar-refractivity contribution is -0.113. The smallest absolute Gasteiger partial charge is 0.234 e. The molecule has 1 aliphatic rings. The average molecular weight is 426 g/mol. The zero-order valence-corrected chi connectivity index (χ0v) is 17.9. The van der Waals surface area contributed by atoms with Crippen LogP contribution in [-0.2, 0) is 17.1 Å². The summed E-state index contributed by atoms with van der Waals surface area (Å²) in [6.45, 7) is 2.92. The number of aromatic nitrogens is 4. The lowest BCUT2D eigenvalue weighted by Gasteiger charge is -2.08. The third-order valence-corrected chi connectivity index (χ3v) is 6.55. The summed E-state index contributed by atoms with van der Waals surface area (Å²) in [5.74, 6) is 2.70. The SMILES string of the molecule is CCn1c(SCC(=O)Nc2cccc(CSc3ccccn3)c2)nnc1C1CC1. The first-order chi connectivity index (χ1) is 14.2. The predicted molar refractivity (Wildman–Crippen MR) is 117 cm³/mol. The Morgan fingerprint density at radius 3 is 2.83 bits per heavy atom. The highest BCUT2D eigenvalue weighted by Crippen LogP contribution is 2.40. The second-order valence-corrected chi connectivity index (χ2v) is 8.79. The Labute approximate surface area is 178 Å². The van der Waals surface area contributed by atoms with E-state index in [1.165, 1.54) is 24.6 Å². The number of thioether (sulfide) groups is 2. The highest BCUT2D eigenvalue weighted by Gasteiger charge is 2.30. The first-order valence-corrected chi connectivity index (χ1v) is 11.7. The number of benzene rings is 1. The van der Waals surface area contributed by atoms with E-state index < -0.39 is 0 Å². The molecule has 6 nitrogen and oxygen atoms in total. The van der Waals surface area contributed by atoms with Gasteiger partial charge in [-0.3, -0.25) is 4.79 Å². The van der Waals surface area contributed by atoms with Gasteiger partial charge in [0.2, 0.25) is 5.91 Å². The van der Waals surface area contributed by atoms with E-state index in [0.29, 0.717) is 11.7 Å². The van der Waals surface area contributed by atoms with Crippen molar-refractivity contribution in [2.75, 3.05) is 11.1 Å². The summed E-state index contributed by atoms with van der Waals surface area (Å²) < 4.78 is 2.13. The van der Waals surface area contributed by atoms with Gasteiger partial charge in [0, 0.05) is 30.1 Å². The van der Waals surface area contributed by atoms with Crippen LogP contribution < -0.4 is 5.32 Å². The molecule has 1 saturated carbocycles. The number of carbonyl (C=O) groups excluding carboxylic acids is 1. The molecule has 0 atom stereocenters. The minimum absolute atomic E-state index is 0.0387. The van der Waals surface area contributed by atoms with Gasteiger partial charge in [-0.25, -0.2) is 4.98 Å². The summed E-state index contributed by atoms with van der Waals surface area (Å²) in [6.07, 6.45) is 4.18. The summed E-state index contributed by atoms with van der Waals surface area (Å²) in [6, 6.07) is 13.8. The standard InChI is InChI=1S/C21H23N5OS2/c1-2-26-20(16-9-10-16)24-25-21(26)29-14-18(27)23-17-7-5-6-15(12-17)13-28-19-8-3-4-11-22-19/h3-8,11-12,16H,2,9-10,13-14H2,1H3,(H,23,27). The Balaban J connectivity index is 1.30. The van der Waals surface area contributed by atoms with E-state index >= 15 is 0 Å². The molecule has 2 aromatic heterocycles. The van der Waals surface area contributed by atoms with Crippen LogP contribution in [0.15, 0.2) is 58.8 Å². The van der Waals surface area contributed by atoms with Gasteiger partial charge in [-0.05, 0) is 49.6 Å². The number of amides is 1. The van der Waals surface area contributed by atoms with E-state index in [2.05, 4.69) is 38.1 Å². The molecule has 2 heterocycles. The molecule has 8 heteroatoms. The van der Waals surface area contributed by atoms with Gasteiger partial charge in [0.15, 0.2) is 5.16 Å². The fraction of sp³-hybridized carbons (Fsp3) is 0.333. The van der Waals surface area contributed by atoms with Gasteiger partial charge in [0.05, 0.1) is 10.8 Å². The fourth-order valence-corrected chi connectivity index (χ4v) is 4.62. The highest BCUT2D eigenvalue weighted by molar-refractivity contribution is 7.99. The Bertz CT molecular complexity index is 972. The molecular formula is C21H23N5OS2.